The van der Waals surface area contributed by atoms with Crippen LogP contribution in [0.3, 0.4) is 0 Å². The molecule has 3 fully saturated rings. The average Bonchev–Trinajstić information content (AvgIpc) is 2.47. The van der Waals surface area contributed by atoms with E-state index in [9.17, 15) is 4.79 Å². The van der Waals surface area contributed by atoms with E-state index >= 15 is 0 Å². The molecule has 6 atom stereocenters. The molecule has 0 radical (unpaired) electrons. The third-order valence-corrected chi connectivity index (χ3v) is 7.79. The molecule has 0 aromatic carbocycles. The molecule has 4 rings (SSSR count). The van der Waals surface area contributed by atoms with Crippen molar-refractivity contribution in [2.24, 2.45) is 35.0 Å². The fourth-order valence-electron chi connectivity index (χ4n) is 6.62. The molecule has 1 heteroatoms. The first-order valence-corrected chi connectivity index (χ1v) is 9.31. The monoisotopic (exact) mass is 286 g/mol. The van der Waals surface area contributed by atoms with Crippen LogP contribution in [-0.2, 0) is 4.79 Å². The molecule has 116 valence electrons. The Morgan fingerprint density at radius 1 is 1.10 bits per heavy atom. The lowest BCUT2D eigenvalue weighted by Crippen LogP contribution is -2.50. The molecule has 0 amide bonds. The van der Waals surface area contributed by atoms with E-state index in [4.69, 9.17) is 0 Å². The lowest BCUT2D eigenvalue weighted by molar-refractivity contribution is -0.116. The Bertz CT molecular complexity index is 476. The standard InChI is InChI=1S/C20H30O/c1-13-9-10-20(2)15(11-13)4-6-18-17-7-5-16(21)12-14(17)3-8-19(18)20/h12-13,15,17-19H,3-11H2,1-2H3/t13-,15+,17-,18+,19+,20+/m0/s1. The number of rotatable bonds is 0. The third-order valence-electron chi connectivity index (χ3n) is 7.79. The highest BCUT2D eigenvalue weighted by atomic mass is 16.1. The van der Waals surface area contributed by atoms with Gasteiger partial charge in [-0.05, 0) is 86.0 Å². The Labute approximate surface area is 129 Å². The SMILES string of the molecule is C[C@H]1CC[C@]2(C)[C@H](CC[C@H]3[C@H]2CCC2=CC(=O)CC[C@@H]23)C1. The number of ketones is 1. The summed E-state index contributed by atoms with van der Waals surface area (Å²) >= 11 is 0. The fraction of sp³-hybridized carbons (Fsp3) is 0.850. The highest BCUT2D eigenvalue weighted by Gasteiger charge is 2.53. The Balaban J connectivity index is 1.62. The Morgan fingerprint density at radius 2 is 1.95 bits per heavy atom. The molecule has 21 heavy (non-hydrogen) atoms. The van der Waals surface area contributed by atoms with Crippen LogP contribution in [0.2, 0.25) is 0 Å². The predicted octanol–water partition coefficient (Wildman–Crippen LogP) is 5.15. The number of hydrogen-bond acceptors (Lipinski definition) is 1. The van der Waals surface area contributed by atoms with E-state index in [-0.39, 0.29) is 0 Å². The van der Waals surface area contributed by atoms with Gasteiger partial charge in [0.2, 0.25) is 0 Å². The second kappa shape index (κ2) is 4.96. The largest absolute Gasteiger partial charge is 0.295 e. The van der Waals surface area contributed by atoms with E-state index < -0.39 is 0 Å². The van der Waals surface area contributed by atoms with Gasteiger partial charge in [0.1, 0.15) is 0 Å². The van der Waals surface area contributed by atoms with Crippen LogP contribution < -0.4 is 0 Å². The van der Waals surface area contributed by atoms with Crippen molar-refractivity contribution >= 4 is 5.78 Å². The second-order valence-corrected chi connectivity index (χ2v) is 8.80. The van der Waals surface area contributed by atoms with Crippen LogP contribution in [0, 0.1) is 35.0 Å². The first-order chi connectivity index (χ1) is 10.1. The van der Waals surface area contributed by atoms with E-state index in [0.29, 0.717) is 11.2 Å². The summed E-state index contributed by atoms with van der Waals surface area (Å²) in [6.07, 6.45) is 13.9. The lowest BCUT2D eigenvalue weighted by atomic mass is 9.46. The maximum atomic E-state index is 11.7. The molecule has 3 saturated carbocycles. The lowest BCUT2D eigenvalue weighted by Gasteiger charge is -2.59. The van der Waals surface area contributed by atoms with E-state index in [1.807, 2.05) is 6.08 Å². The molecule has 4 aliphatic rings. The Hall–Kier alpha value is -0.590. The zero-order valence-electron chi connectivity index (χ0n) is 13.7. The summed E-state index contributed by atoms with van der Waals surface area (Å²) in [5, 5.41) is 0. The smallest absolute Gasteiger partial charge is 0.155 e. The van der Waals surface area contributed by atoms with Crippen LogP contribution in [0.1, 0.15) is 71.6 Å². The van der Waals surface area contributed by atoms with Gasteiger partial charge in [-0.1, -0.05) is 25.8 Å². The Kier molecular flexibility index (Phi) is 3.32. The van der Waals surface area contributed by atoms with Crippen molar-refractivity contribution in [1.29, 1.82) is 0 Å². The van der Waals surface area contributed by atoms with Crippen molar-refractivity contribution in [2.45, 2.75) is 71.6 Å². The molecular formula is C20H30O. The minimum absolute atomic E-state index is 0.395. The van der Waals surface area contributed by atoms with Gasteiger partial charge in [-0.2, -0.15) is 0 Å². The van der Waals surface area contributed by atoms with Crippen molar-refractivity contribution < 1.29 is 4.79 Å². The van der Waals surface area contributed by atoms with Gasteiger partial charge in [0.15, 0.2) is 5.78 Å². The number of hydrogen-bond donors (Lipinski definition) is 0. The van der Waals surface area contributed by atoms with Gasteiger partial charge >= 0.3 is 0 Å². The second-order valence-electron chi connectivity index (χ2n) is 8.80. The molecular weight excluding hydrogens is 256 g/mol. The molecule has 0 aliphatic heterocycles. The van der Waals surface area contributed by atoms with E-state index in [2.05, 4.69) is 13.8 Å². The summed E-state index contributed by atoms with van der Waals surface area (Å²) in [4.78, 5) is 11.7. The van der Waals surface area contributed by atoms with Crippen molar-refractivity contribution in [2.75, 3.05) is 0 Å². The summed E-state index contributed by atoms with van der Waals surface area (Å²) in [5.74, 6) is 4.93. The summed E-state index contributed by atoms with van der Waals surface area (Å²) in [6, 6.07) is 0. The van der Waals surface area contributed by atoms with Crippen molar-refractivity contribution in [3.05, 3.63) is 11.6 Å². The molecule has 0 bridgehead atoms. The van der Waals surface area contributed by atoms with Crippen LogP contribution in [0.25, 0.3) is 0 Å². The number of fused-ring (bicyclic) bond motifs is 5. The quantitative estimate of drug-likeness (QED) is 0.601. The topological polar surface area (TPSA) is 17.1 Å². The normalized spacial score (nSPS) is 49.7. The number of carbonyl (C=O) groups excluding carboxylic acids is 1. The van der Waals surface area contributed by atoms with Crippen LogP contribution in [0.5, 0.6) is 0 Å². The minimum atomic E-state index is 0.395. The fourth-order valence-corrected chi connectivity index (χ4v) is 6.62. The van der Waals surface area contributed by atoms with Crippen LogP contribution in [0.15, 0.2) is 11.6 Å². The Morgan fingerprint density at radius 3 is 2.81 bits per heavy atom. The molecule has 4 aliphatic carbocycles. The van der Waals surface area contributed by atoms with Gasteiger partial charge in [-0.15, -0.1) is 0 Å². The molecule has 0 spiro atoms. The highest BCUT2D eigenvalue weighted by molar-refractivity contribution is 5.91. The van der Waals surface area contributed by atoms with Gasteiger partial charge in [0.05, 0.1) is 0 Å². The van der Waals surface area contributed by atoms with Crippen molar-refractivity contribution in [3.63, 3.8) is 0 Å². The maximum Gasteiger partial charge on any atom is 0.155 e. The summed E-state index contributed by atoms with van der Waals surface area (Å²) in [7, 11) is 0. The van der Waals surface area contributed by atoms with E-state index in [1.165, 1.54) is 50.5 Å². The molecule has 0 saturated heterocycles. The zero-order chi connectivity index (χ0) is 14.6. The van der Waals surface area contributed by atoms with Crippen molar-refractivity contribution in [3.8, 4) is 0 Å². The maximum absolute atomic E-state index is 11.7. The predicted molar refractivity (Wildman–Crippen MR) is 85.9 cm³/mol. The number of allylic oxidation sites excluding steroid dienone is 2. The average molecular weight is 286 g/mol. The van der Waals surface area contributed by atoms with Crippen LogP contribution in [0.4, 0.5) is 0 Å². The van der Waals surface area contributed by atoms with Gasteiger partial charge in [0, 0.05) is 6.42 Å². The molecule has 0 heterocycles. The summed E-state index contributed by atoms with van der Waals surface area (Å²) < 4.78 is 0. The van der Waals surface area contributed by atoms with Gasteiger partial charge < -0.3 is 0 Å². The van der Waals surface area contributed by atoms with E-state index in [1.54, 1.807) is 0 Å². The van der Waals surface area contributed by atoms with Gasteiger partial charge in [-0.25, -0.2) is 0 Å². The van der Waals surface area contributed by atoms with Crippen molar-refractivity contribution in [1.82, 2.24) is 0 Å². The van der Waals surface area contributed by atoms with Crippen LogP contribution >= 0.6 is 0 Å². The molecule has 0 N–H and O–H groups in total. The van der Waals surface area contributed by atoms with Gasteiger partial charge in [-0.3, -0.25) is 4.79 Å². The first-order valence-electron chi connectivity index (χ1n) is 9.31. The summed E-state index contributed by atoms with van der Waals surface area (Å²) in [5.41, 5.74) is 2.14. The molecule has 0 aromatic heterocycles. The zero-order valence-corrected chi connectivity index (χ0v) is 13.7. The third kappa shape index (κ3) is 2.14. The van der Waals surface area contributed by atoms with Gasteiger partial charge in [0.25, 0.3) is 0 Å². The van der Waals surface area contributed by atoms with Crippen LogP contribution in [-0.4, -0.2) is 5.78 Å². The number of carbonyl (C=O) groups is 1. The first kappa shape index (κ1) is 14.0. The van der Waals surface area contributed by atoms with E-state index in [0.717, 1.165) is 42.4 Å². The minimum Gasteiger partial charge on any atom is -0.295 e. The highest BCUT2D eigenvalue weighted by Crippen LogP contribution is 2.62. The summed E-state index contributed by atoms with van der Waals surface area (Å²) in [6.45, 7) is 5.09. The molecule has 1 nitrogen and oxygen atoms in total. The molecule has 0 unspecified atom stereocenters. The molecule has 0 aromatic rings.